The number of hydrogen-bond donors (Lipinski definition) is 2. The van der Waals surface area contributed by atoms with Crippen molar-refractivity contribution in [3.63, 3.8) is 0 Å². The fourth-order valence-electron chi connectivity index (χ4n) is 3.49. The molecule has 2 N–H and O–H groups in total. The number of nitrogens with one attached hydrogen (secondary N) is 1. The molecule has 0 spiro atoms. The maximum atomic E-state index is 12.5. The van der Waals surface area contributed by atoms with Gasteiger partial charge in [0.25, 0.3) is 0 Å². The molecule has 1 aromatic carbocycles. The molecule has 5 heteroatoms. The van der Waals surface area contributed by atoms with E-state index in [0.717, 1.165) is 12.1 Å². The largest absolute Gasteiger partial charge is 0.481 e. The second-order valence-electron chi connectivity index (χ2n) is 7.27. The van der Waals surface area contributed by atoms with Crippen LogP contribution in [0.4, 0.5) is 0 Å². The Morgan fingerprint density at radius 3 is 2.50 bits per heavy atom. The molecule has 1 aromatic rings. The number of likely N-dealkylation sites (tertiary alicyclic amines) is 1. The molecule has 0 saturated carbocycles. The van der Waals surface area contributed by atoms with Crippen molar-refractivity contribution in [3.05, 3.63) is 35.9 Å². The standard InChI is InChI=1S/C19H28N2O3/c1-13(2)18(15-7-5-4-6-8-15)20-17(22)12-21-10-14(3)9-16(11-21)19(23)24/h4-8,13-14,16,18H,9-12H2,1-3H3,(H,20,22)(H,23,24). The van der Waals surface area contributed by atoms with Gasteiger partial charge in [-0.05, 0) is 23.8 Å². The summed E-state index contributed by atoms with van der Waals surface area (Å²) in [5, 5.41) is 12.4. The van der Waals surface area contributed by atoms with E-state index in [1.165, 1.54) is 0 Å². The third-order valence-corrected chi connectivity index (χ3v) is 4.59. The Morgan fingerprint density at radius 1 is 1.25 bits per heavy atom. The minimum Gasteiger partial charge on any atom is -0.481 e. The first-order valence-corrected chi connectivity index (χ1v) is 8.66. The van der Waals surface area contributed by atoms with Crippen molar-refractivity contribution in [1.82, 2.24) is 10.2 Å². The zero-order valence-electron chi connectivity index (χ0n) is 14.7. The van der Waals surface area contributed by atoms with Gasteiger partial charge in [0.15, 0.2) is 0 Å². The summed E-state index contributed by atoms with van der Waals surface area (Å²) >= 11 is 0. The molecule has 1 amide bonds. The lowest BCUT2D eigenvalue weighted by Gasteiger charge is -2.34. The molecule has 3 unspecified atom stereocenters. The number of carboxylic acids is 1. The van der Waals surface area contributed by atoms with Gasteiger partial charge in [-0.1, -0.05) is 51.1 Å². The first kappa shape index (κ1) is 18.5. The first-order chi connectivity index (χ1) is 11.4. The quantitative estimate of drug-likeness (QED) is 0.840. The highest BCUT2D eigenvalue weighted by Gasteiger charge is 2.30. The zero-order valence-corrected chi connectivity index (χ0v) is 14.7. The molecule has 1 aliphatic heterocycles. The molecule has 0 bridgehead atoms. The SMILES string of the molecule is CC1CC(C(=O)O)CN(CC(=O)NC(c2ccccc2)C(C)C)C1. The third-order valence-electron chi connectivity index (χ3n) is 4.59. The fraction of sp³-hybridized carbons (Fsp3) is 0.579. The average Bonchev–Trinajstić information content (AvgIpc) is 2.52. The average molecular weight is 332 g/mol. The van der Waals surface area contributed by atoms with Gasteiger partial charge in [0, 0.05) is 13.1 Å². The number of rotatable bonds is 6. The summed E-state index contributed by atoms with van der Waals surface area (Å²) < 4.78 is 0. The predicted octanol–water partition coefficient (Wildman–Crippen LogP) is 2.54. The molecule has 132 valence electrons. The van der Waals surface area contributed by atoms with Gasteiger partial charge in [-0.15, -0.1) is 0 Å². The Bertz CT molecular complexity index is 559. The second kappa shape index (κ2) is 8.29. The van der Waals surface area contributed by atoms with E-state index < -0.39 is 5.97 Å². The summed E-state index contributed by atoms with van der Waals surface area (Å²) in [6.07, 6.45) is 0.687. The van der Waals surface area contributed by atoms with Gasteiger partial charge < -0.3 is 10.4 Å². The van der Waals surface area contributed by atoms with Crippen LogP contribution in [0, 0.1) is 17.8 Å². The molecule has 1 fully saturated rings. The number of hydrogen-bond acceptors (Lipinski definition) is 3. The number of amides is 1. The van der Waals surface area contributed by atoms with E-state index in [-0.39, 0.29) is 30.3 Å². The van der Waals surface area contributed by atoms with Crippen LogP contribution >= 0.6 is 0 Å². The summed E-state index contributed by atoms with van der Waals surface area (Å²) in [7, 11) is 0. The highest BCUT2D eigenvalue weighted by Crippen LogP contribution is 2.23. The van der Waals surface area contributed by atoms with Crippen LogP contribution in [-0.4, -0.2) is 41.5 Å². The van der Waals surface area contributed by atoms with Gasteiger partial charge >= 0.3 is 5.97 Å². The predicted molar refractivity (Wildman–Crippen MR) is 93.5 cm³/mol. The summed E-state index contributed by atoms with van der Waals surface area (Å²) in [4.78, 5) is 25.7. The second-order valence-corrected chi connectivity index (χ2v) is 7.27. The maximum absolute atomic E-state index is 12.5. The van der Waals surface area contributed by atoms with Gasteiger partial charge in [-0.3, -0.25) is 14.5 Å². The monoisotopic (exact) mass is 332 g/mol. The molecular weight excluding hydrogens is 304 g/mol. The summed E-state index contributed by atoms with van der Waals surface area (Å²) in [6, 6.07) is 9.92. The smallest absolute Gasteiger partial charge is 0.307 e. The molecular formula is C19H28N2O3. The Balaban J connectivity index is 1.97. The molecule has 5 nitrogen and oxygen atoms in total. The molecule has 1 aliphatic rings. The molecule has 3 atom stereocenters. The maximum Gasteiger partial charge on any atom is 0.307 e. The Hall–Kier alpha value is -1.88. The Kier molecular flexibility index (Phi) is 6.37. The fourth-order valence-corrected chi connectivity index (χ4v) is 3.49. The van der Waals surface area contributed by atoms with Crippen molar-refractivity contribution in [2.75, 3.05) is 19.6 Å². The van der Waals surface area contributed by atoms with E-state index >= 15 is 0 Å². The first-order valence-electron chi connectivity index (χ1n) is 8.66. The molecule has 24 heavy (non-hydrogen) atoms. The minimum absolute atomic E-state index is 0.0313. The van der Waals surface area contributed by atoms with Crippen LogP contribution in [0.5, 0.6) is 0 Å². The van der Waals surface area contributed by atoms with Crippen molar-refractivity contribution < 1.29 is 14.7 Å². The lowest BCUT2D eigenvalue weighted by Crippen LogP contribution is -2.47. The molecule has 2 rings (SSSR count). The van der Waals surface area contributed by atoms with E-state index in [9.17, 15) is 14.7 Å². The molecule has 1 saturated heterocycles. The lowest BCUT2D eigenvalue weighted by molar-refractivity contribution is -0.145. The van der Waals surface area contributed by atoms with Crippen LogP contribution in [0.15, 0.2) is 30.3 Å². The van der Waals surface area contributed by atoms with E-state index in [4.69, 9.17) is 0 Å². The number of carbonyl (C=O) groups is 2. The van der Waals surface area contributed by atoms with Crippen LogP contribution in [-0.2, 0) is 9.59 Å². The number of piperidine rings is 1. The van der Waals surface area contributed by atoms with E-state index in [2.05, 4.69) is 19.2 Å². The Labute approximate surface area is 144 Å². The summed E-state index contributed by atoms with van der Waals surface area (Å²) in [6.45, 7) is 7.69. The highest BCUT2D eigenvalue weighted by atomic mass is 16.4. The van der Waals surface area contributed by atoms with Crippen molar-refractivity contribution in [2.45, 2.75) is 33.2 Å². The van der Waals surface area contributed by atoms with Crippen LogP contribution in [0.25, 0.3) is 0 Å². The van der Waals surface area contributed by atoms with E-state index in [1.807, 2.05) is 42.2 Å². The van der Waals surface area contributed by atoms with Crippen molar-refractivity contribution in [2.24, 2.45) is 17.8 Å². The topological polar surface area (TPSA) is 69.6 Å². The van der Waals surface area contributed by atoms with Gasteiger partial charge in [-0.25, -0.2) is 0 Å². The minimum atomic E-state index is -0.767. The van der Waals surface area contributed by atoms with Gasteiger partial charge in [0.1, 0.15) is 0 Å². The lowest BCUT2D eigenvalue weighted by atomic mass is 9.90. The molecule has 0 radical (unpaired) electrons. The number of aliphatic carboxylic acids is 1. The number of benzene rings is 1. The summed E-state index contributed by atoms with van der Waals surface area (Å²) in [5.41, 5.74) is 1.09. The molecule has 0 aliphatic carbocycles. The Morgan fingerprint density at radius 2 is 1.92 bits per heavy atom. The van der Waals surface area contributed by atoms with E-state index in [0.29, 0.717) is 18.9 Å². The van der Waals surface area contributed by atoms with Gasteiger partial charge in [0.05, 0.1) is 18.5 Å². The summed E-state index contributed by atoms with van der Waals surface area (Å²) in [5.74, 6) is -0.616. The van der Waals surface area contributed by atoms with E-state index in [1.54, 1.807) is 0 Å². The van der Waals surface area contributed by atoms with Crippen LogP contribution < -0.4 is 5.32 Å². The van der Waals surface area contributed by atoms with Crippen LogP contribution in [0.1, 0.15) is 38.8 Å². The number of nitrogens with zero attached hydrogens (tertiary/aromatic N) is 1. The molecule has 1 heterocycles. The third kappa shape index (κ3) is 5.06. The number of carboxylic acid groups (broad SMARTS) is 1. The normalized spacial score (nSPS) is 23.0. The van der Waals surface area contributed by atoms with Gasteiger partial charge in [-0.2, -0.15) is 0 Å². The zero-order chi connectivity index (χ0) is 17.7. The van der Waals surface area contributed by atoms with Crippen LogP contribution in [0.2, 0.25) is 0 Å². The molecule has 0 aromatic heterocycles. The van der Waals surface area contributed by atoms with Crippen molar-refractivity contribution >= 4 is 11.9 Å². The van der Waals surface area contributed by atoms with Gasteiger partial charge in [0.2, 0.25) is 5.91 Å². The number of carbonyl (C=O) groups excluding carboxylic acids is 1. The highest BCUT2D eigenvalue weighted by molar-refractivity contribution is 5.78. The van der Waals surface area contributed by atoms with Crippen molar-refractivity contribution in [3.8, 4) is 0 Å². The van der Waals surface area contributed by atoms with Crippen LogP contribution in [0.3, 0.4) is 0 Å². The van der Waals surface area contributed by atoms with Crippen molar-refractivity contribution in [1.29, 1.82) is 0 Å².